The minimum atomic E-state index is -0.517. The number of carbonyl (C=O) groups is 1. The summed E-state index contributed by atoms with van der Waals surface area (Å²) in [5.41, 5.74) is 2.00. The second-order valence-corrected chi connectivity index (χ2v) is 7.07. The molecule has 1 N–H and O–H groups in total. The first-order valence-corrected chi connectivity index (χ1v) is 8.94. The number of carbonyl (C=O) groups excluding carboxylic acids is 1. The van der Waals surface area contributed by atoms with Crippen LogP contribution in [0.2, 0.25) is 0 Å². The second kappa shape index (κ2) is 6.79. The van der Waals surface area contributed by atoms with Crippen molar-refractivity contribution in [2.45, 2.75) is 31.6 Å². The van der Waals surface area contributed by atoms with Crippen molar-refractivity contribution >= 4 is 11.8 Å². The Kier molecular flexibility index (Phi) is 4.35. The van der Waals surface area contributed by atoms with E-state index in [1.54, 1.807) is 7.11 Å². The van der Waals surface area contributed by atoms with Gasteiger partial charge in [0.05, 0.1) is 7.11 Å². The van der Waals surface area contributed by atoms with Gasteiger partial charge in [0, 0.05) is 5.69 Å². The number of benzene rings is 2. The summed E-state index contributed by atoms with van der Waals surface area (Å²) in [5, 5.41) is 2.72. The van der Waals surface area contributed by atoms with E-state index in [1.807, 2.05) is 42.5 Å². The smallest absolute Gasteiger partial charge is 0.417 e. The van der Waals surface area contributed by atoms with Crippen molar-refractivity contribution in [3.05, 3.63) is 54.1 Å². The van der Waals surface area contributed by atoms with Crippen LogP contribution in [0.1, 0.15) is 37.2 Å². The normalized spacial score (nSPS) is 24.1. The number of para-hydroxylation sites is 1. The number of amides is 1. The molecule has 0 radical (unpaired) electrons. The third-order valence-corrected chi connectivity index (χ3v) is 5.58. The third kappa shape index (κ3) is 3.34. The average molecular weight is 337 g/mol. The summed E-state index contributed by atoms with van der Waals surface area (Å²) in [6.07, 6.45) is 4.86. The molecule has 0 unspecified atom stereocenters. The van der Waals surface area contributed by atoms with Crippen LogP contribution in [0.4, 0.5) is 10.5 Å². The highest BCUT2D eigenvalue weighted by molar-refractivity contribution is 5.86. The van der Waals surface area contributed by atoms with Crippen molar-refractivity contribution in [2.75, 3.05) is 12.4 Å². The van der Waals surface area contributed by atoms with E-state index in [-0.39, 0.29) is 0 Å². The Hall–Kier alpha value is -2.49. The molecule has 0 aromatic heterocycles. The average Bonchev–Trinajstić information content (AvgIpc) is 3.26. The van der Waals surface area contributed by atoms with E-state index in [0.717, 1.165) is 11.8 Å². The lowest BCUT2D eigenvalue weighted by Crippen LogP contribution is -2.17. The van der Waals surface area contributed by atoms with Gasteiger partial charge in [0.15, 0.2) is 11.5 Å². The molecule has 0 saturated heterocycles. The molecule has 2 aromatic rings. The third-order valence-electron chi connectivity index (χ3n) is 5.58. The predicted molar refractivity (Wildman–Crippen MR) is 97.3 cm³/mol. The zero-order valence-electron chi connectivity index (χ0n) is 14.4. The summed E-state index contributed by atoms with van der Waals surface area (Å²) in [5.74, 6) is 3.39. The van der Waals surface area contributed by atoms with Crippen molar-refractivity contribution < 1.29 is 14.3 Å². The number of anilines is 1. The molecule has 3 atom stereocenters. The Morgan fingerprint density at radius 2 is 1.88 bits per heavy atom. The molecule has 1 amide bonds. The van der Waals surface area contributed by atoms with Gasteiger partial charge in [0.2, 0.25) is 0 Å². The van der Waals surface area contributed by atoms with Crippen molar-refractivity contribution in [1.29, 1.82) is 0 Å². The van der Waals surface area contributed by atoms with Gasteiger partial charge < -0.3 is 9.47 Å². The SMILES string of the molecule is COc1cc([C@@H]2C[C@H]3CC[C@@H]2C3)ccc1OC(=O)Nc1ccccc1. The van der Waals surface area contributed by atoms with Crippen molar-refractivity contribution in [3.63, 3.8) is 0 Å². The van der Waals surface area contributed by atoms with Crippen LogP contribution in [-0.4, -0.2) is 13.2 Å². The maximum Gasteiger partial charge on any atom is 0.417 e. The number of ether oxygens (including phenoxy) is 2. The Labute approximate surface area is 148 Å². The number of nitrogens with one attached hydrogen (secondary N) is 1. The molecule has 130 valence electrons. The molecule has 4 heteroatoms. The molecule has 4 rings (SSSR count). The summed E-state index contributed by atoms with van der Waals surface area (Å²) >= 11 is 0. The van der Waals surface area contributed by atoms with E-state index in [0.29, 0.717) is 23.1 Å². The van der Waals surface area contributed by atoms with Gasteiger partial charge in [0.1, 0.15) is 0 Å². The van der Waals surface area contributed by atoms with E-state index in [9.17, 15) is 4.79 Å². The van der Waals surface area contributed by atoms with E-state index < -0.39 is 6.09 Å². The Morgan fingerprint density at radius 3 is 2.56 bits per heavy atom. The Balaban J connectivity index is 1.47. The molecule has 0 heterocycles. The number of hydrogen-bond donors (Lipinski definition) is 1. The van der Waals surface area contributed by atoms with Gasteiger partial charge in [-0.3, -0.25) is 5.32 Å². The fourth-order valence-electron chi connectivity index (χ4n) is 4.42. The molecule has 2 aliphatic carbocycles. The summed E-state index contributed by atoms with van der Waals surface area (Å²) in [4.78, 5) is 12.1. The van der Waals surface area contributed by atoms with Crippen LogP contribution in [0.25, 0.3) is 0 Å². The van der Waals surface area contributed by atoms with Crippen LogP contribution in [0.15, 0.2) is 48.5 Å². The molecular formula is C21H23NO3. The van der Waals surface area contributed by atoms with Crippen LogP contribution >= 0.6 is 0 Å². The van der Waals surface area contributed by atoms with Gasteiger partial charge in [0.25, 0.3) is 0 Å². The van der Waals surface area contributed by atoms with Gasteiger partial charge >= 0.3 is 6.09 Å². The summed E-state index contributed by atoms with van der Waals surface area (Å²) in [7, 11) is 1.61. The lowest BCUT2D eigenvalue weighted by molar-refractivity contribution is 0.213. The summed E-state index contributed by atoms with van der Waals surface area (Å²) in [6, 6.07) is 15.2. The van der Waals surface area contributed by atoms with Crippen LogP contribution in [0.3, 0.4) is 0 Å². The molecule has 2 saturated carbocycles. The molecule has 2 aromatic carbocycles. The first kappa shape index (κ1) is 16.0. The molecule has 0 aliphatic heterocycles. The molecule has 2 bridgehead atoms. The Bertz CT molecular complexity index is 759. The molecular weight excluding hydrogens is 314 g/mol. The fourth-order valence-corrected chi connectivity index (χ4v) is 4.42. The van der Waals surface area contributed by atoms with Gasteiger partial charge in [-0.05, 0) is 66.8 Å². The van der Waals surface area contributed by atoms with Crippen molar-refractivity contribution in [2.24, 2.45) is 11.8 Å². The maximum atomic E-state index is 12.1. The molecule has 25 heavy (non-hydrogen) atoms. The number of fused-ring (bicyclic) bond motifs is 2. The van der Waals surface area contributed by atoms with Crippen LogP contribution in [0, 0.1) is 11.8 Å². The number of methoxy groups -OCH3 is 1. The first-order chi connectivity index (χ1) is 12.2. The highest BCUT2D eigenvalue weighted by Gasteiger charge is 2.40. The van der Waals surface area contributed by atoms with E-state index >= 15 is 0 Å². The van der Waals surface area contributed by atoms with Gasteiger partial charge in [-0.2, -0.15) is 0 Å². The largest absolute Gasteiger partial charge is 0.493 e. The number of hydrogen-bond acceptors (Lipinski definition) is 3. The topological polar surface area (TPSA) is 47.6 Å². The second-order valence-electron chi connectivity index (χ2n) is 7.07. The fraction of sp³-hybridized carbons (Fsp3) is 0.381. The van der Waals surface area contributed by atoms with Gasteiger partial charge in [-0.15, -0.1) is 0 Å². The molecule has 2 aliphatic rings. The van der Waals surface area contributed by atoms with Crippen LogP contribution in [0.5, 0.6) is 11.5 Å². The highest BCUT2D eigenvalue weighted by atomic mass is 16.6. The zero-order chi connectivity index (χ0) is 17.2. The zero-order valence-corrected chi connectivity index (χ0v) is 14.4. The number of rotatable bonds is 4. The lowest BCUT2D eigenvalue weighted by Gasteiger charge is -2.23. The van der Waals surface area contributed by atoms with E-state index in [4.69, 9.17) is 9.47 Å². The van der Waals surface area contributed by atoms with E-state index in [1.165, 1.54) is 31.2 Å². The van der Waals surface area contributed by atoms with Crippen LogP contribution in [-0.2, 0) is 0 Å². The quantitative estimate of drug-likeness (QED) is 0.833. The minimum absolute atomic E-state index is 0.447. The van der Waals surface area contributed by atoms with Crippen molar-refractivity contribution in [3.8, 4) is 11.5 Å². The summed E-state index contributed by atoms with van der Waals surface area (Å²) in [6.45, 7) is 0. The maximum absolute atomic E-state index is 12.1. The van der Waals surface area contributed by atoms with Gasteiger partial charge in [-0.25, -0.2) is 4.79 Å². The molecule has 4 nitrogen and oxygen atoms in total. The molecule has 2 fully saturated rings. The predicted octanol–water partition coefficient (Wildman–Crippen LogP) is 5.21. The molecule has 0 spiro atoms. The lowest BCUT2D eigenvalue weighted by atomic mass is 9.83. The van der Waals surface area contributed by atoms with Gasteiger partial charge in [-0.1, -0.05) is 30.7 Å². The highest BCUT2D eigenvalue weighted by Crippen LogP contribution is 2.53. The van der Waals surface area contributed by atoms with Crippen LogP contribution < -0.4 is 14.8 Å². The first-order valence-electron chi connectivity index (χ1n) is 8.94. The standard InChI is InChI=1S/C21H23NO3/c1-24-20-13-16(18-12-14-7-8-15(18)11-14)9-10-19(20)25-21(23)22-17-5-3-2-4-6-17/h2-6,9-10,13-15,18H,7-8,11-12H2,1H3,(H,22,23)/t14-,15+,18+/m0/s1. The Morgan fingerprint density at radius 1 is 1.04 bits per heavy atom. The monoisotopic (exact) mass is 337 g/mol. The summed E-state index contributed by atoms with van der Waals surface area (Å²) < 4.78 is 10.9. The van der Waals surface area contributed by atoms with E-state index in [2.05, 4.69) is 11.4 Å². The van der Waals surface area contributed by atoms with Crippen molar-refractivity contribution in [1.82, 2.24) is 0 Å². The minimum Gasteiger partial charge on any atom is -0.493 e.